The van der Waals surface area contributed by atoms with Crippen molar-refractivity contribution in [1.29, 1.82) is 0 Å². The Kier molecular flexibility index (Phi) is 6.27. The first kappa shape index (κ1) is 18.2. The number of hydrogen-bond acceptors (Lipinski definition) is 5. The first-order valence-electron chi connectivity index (χ1n) is 6.18. The fraction of sp³-hybridized carbons (Fsp3) is 0.154. The third-order valence-electron chi connectivity index (χ3n) is 2.41. The molecule has 3 N–H and O–H groups in total. The molecule has 0 bridgehead atoms. The molecule has 0 saturated carbocycles. The summed E-state index contributed by atoms with van der Waals surface area (Å²) in [5, 5.41) is 18.0. The average molecular weight is 342 g/mol. The molecular formula is C13H14N2O7S. The zero-order valence-electron chi connectivity index (χ0n) is 11.7. The van der Waals surface area contributed by atoms with E-state index in [4.69, 9.17) is 10.2 Å². The molecule has 124 valence electrons. The number of hydrogen-bond donors (Lipinski definition) is 3. The van der Waals surface area contributed by atoms with E-state index in [-0.39, 0.29) is 0 Å². The second-order valence-electron chi connectivity index (χ2n) is 4.31. The van der Waals surface area contributed by atoms with Crippen LogP contribution in [-0.4, -0.2) is 54.6 Å². The van der Waals surface area contributed by atoms with Crippen LogP contribution in [0.4, 0.5) is 4.79 Å². The number of urea groups is 1. The van der Waals surface area contributed by atoms with Gasteiger partial charge in [0.2, 0.25) is 0 Å². The maximum Gasteiger partial charge on any atom is 0.332 e. The lowest BCUT2D eigenvalue weighted by molar-refractivity contribution is -0.140. The highest BCUT2D eigenvalue weighted by Crippen LogP contribution is 2.03. The normalized spacial score (nSPS) is 11.1. The van der Waals surface area contributed by atoms with Crippen molar-refractivity contribution in [2.75, 3.05) is 13.1 Å². The Hall–Kier alpha value is -2.88. The van der Waals surface area contributed by atoms with E-state index in [1.165, 1.54) is 6.08 Å². The van der Waals surface area contributed by atoms with Crippen LogP contribution in [0.15, 0.2) is 35.7 Å². The molecule has 0 radical (unpaired) electrons. The van der Waals surface area contributed by atoms with Gasteiger partial charge in [-0.1, -0.05) is 30.3 Å². The van der Waals surface area contributed by atoms with Crippen LogP contribution in [0.2, 0.25) is 0 Å². The van der Waals surface area contributed by atoms with Crippen LogP contribution in [0, 0.1) is 0 Å². The summed E-state index contributed by atoms with van der Waals surface area (Å²) in [5.74, 6) is -2.95. The Morgan fingerprint density at radius 3 is 2.04 bits per heavy atom. The average Bonchev–Trinajstić information content (AvgIpc) is 2.44. The standard InChI is InChI=1S/C13H14N2O7S/c16-11(17)8-15(9-12(18)19)13(20)14-23(21,22)7-6-10-4-2-1-3-5-10/h1-7H,8-9H2,(H,14,20)(H,16,17)(H,18,19)/b7-6+. The first-order chi connectivity index (χ1) is 10.7. The van der Waals surface area contributed by atoms with Gasteiger partial charge in [-0.3, -0.25) is 9.59 Å². The lowest BCUT2D eigenvalue weighted by Crippen LogP contribution is -2.46. The molecule has 0 atom stereocenters. The van der Waals surface area contributed by atoms with Crippen LogP contribution in [0.1, 0.15) is 5.56 Å². The molecule has 2 amide bonds. The summed E-state index contributed by atoms with van der Waals surface area (Å²) in [6.07, 6.45) is 1.23. The molecule has 9 nitrogen and oxygen atoms in total. The van der Waals surface area contributed by atoms with Crippen molar-refractivity contribution >= 4 is 34.1 Å². The van der Waals surface area contributed by atoms with Crippen LogP contribution >= 0.6 is 0 Å². The van der Waals surface area contributed by atoms with Gasteiger partial charge in [-0.15, -0.1) is 0 Å². The third-order valence-corrected chi connectivity index (χ3v) is 3.36. The zero-order valence-corrected chi connectivity index (χ0v) is 12.6. The summed E-state index contributed by atoms with van der Waals surface area (Å²) in [4.78, 5) is 33.2. The summed E-state index contributed by atoms with van der Waals surface area (Å²) in [5.41, 5.74) is 0.568. The second kappa shape index (κ2) is 7.94. The Labute approximate surface area is 131 Å². The largest absolute Gasteiger partial charge is 0.480 e. The Bertz CT molecular complexity index is 697. The topological polar surface area (TPSA) is 141 Å². The Morgan fingerprint density at radius 2 is 1.57 bits per heavy atom. The van der Waals surface area contributed by atoms with Gasteiger partial charge in [-0.25, -0.2) is 17.9 Å². The van der Waals surface area contributed by atoms with Gasteiger partial charge in [-0.05, 0) is 11.6 Å². The number of carboxylic acid groups (broad SMARTS) is 2. The van der Waals surface area contributed by atoms with Crippen molar-refractivity contribution in [1.82, 2.24) is 9.62 Å². The van der Waals surface area contributed by atoms with Crippen molar-refractivity contribution in [2.45, 2.75) is 0 Å². The molecule has 0 aliphatic rings. The highest BCUT2D eigenvalue weighted by Gasteiger charge is 2.22. The van der Waals surface area contributed by atoms with Gasteiger partial charge >= 0.3 is 18.0 Å². The van der Waals surface area contributed by atoms with E-state index >= 15 is 0 Å². The molecular weight excluding hydrogens is 328 g/mol. The molecule has 1 aromatic rings. The van der Waals surface area contributed by atoms with Gasteiger partial charge in [0, 0.05) is 0 Å². The fourth-order valence-corrected chi connectivity index (χ4v) is 2.26. The molecule has 1 aromatic carbocycles. The number of sulfonamides is 1. The van der Waals surface area contributed by atoms with Crippen molar-refractivity contribution in [3.8, 4) is 0 Å². The van der Waals surface area contributed by atoms with E-state index in [1.807, 2.05) is 0 Å². The van der Waals surface area contributed by atoms with Crippen LogP contribution in [0.5, 0.6) is 0 Å². The number of carboxylic acids is 2. The van der Waals surface area contributed by atoms with Crippen LogP contribution in [0.25, 0.3) is 6.08 Å². The lowest BCUT2D eigenvalue weighted by Gasteiger charge is -2.18. The number of nitrogens with one attached hydrogen (secondary N) is 1. The number of rotatable bonds is 7. The maximum absolute atomic E-state index is 11.8. The van der Waals surface area contributed by atoms with Gasteiger partial charge in [0.05, 0.1) is 5.41 Å². The highest BCUT2D eigenvalue weighted by atomic mass is 32.2. The lowest BCUT2D eigenvalue weighted by atomic mass is 10.2. The van der Waals surface area contributed by atoms with Gasteiger partial charge < -0.3 is 15.1 Å². The van der Waals surface area contributed by atoms with E-state index in [9.17, 15) is 22.8 Å². The number of amides is 2. The smallest absolute Gasteiger partial charge is 0.332 e. The zero-order chi connectivity index (χ0) is 17.5. The van der Waals surface area contributed by atoms with Crippen molar-refractivity contribution in [3.05, 3.63) is 41.3 Å². The molecule has 0 aliphatic carbocycles. The molecule has 0 saturated heterocycles. The predicted octanol–water partition coefficient (Wildman–Crippen LogP) is 0.168. The van der Waals surface area contributed by atoms with Crippen molar-refractivity contribution < 1.29 is 33.0 Å². The number of carbonyl (C=O) groups excluding carboxylic acids is 1. The van der Waals surface area contributed by atoms with Crippen LogP contribution in [-0.2, 0) is 19.6 Å². The minimum Gasteiger partial charge on any atom is -0.480 e. The minimum atomic E-state index is -4.20. The molecule has 0 fully saturated rings. The van der Waals surface area contributed by atoms with E-state index in [1.54, 1.807) is 35.1 Å². The first-order valence-corrected chi connectivity index (χ1v) is 7.72. The monoisotopic (exact) mass is 342 g/mol. The summed E-state index contributed by atoms with van der Waals surface area (Å²) in [6, 6.07) is 7.04. The number of nitrogens with zero attached hydrogens (tertiary/aromatic N) is 1. The molecule has 10 heteroatoms. The summed E-state index contributed by atoms with van der Waals surface area (Å²) < 4.78 is 25.1. The number of benzene rings is 1. The Balaban J connectivity index is 2.81. The number of aliphatic carboxylic acids is 2. The van der Waals surface area contributed by atoms with Gasteiger partial charge in [0.25, 0.3) is 10.0 Å². The molecule has 1 rings (SSSR count). The maximum atomic E-state index is 11.8. The van der Waals surface area contributed by atoms with E-state index in [2.05, 4.69) is 0 Å². The summed E-state index contributed by atoms with van der Waals surface area (Å²) >= 11 is 0. The highest BCUT2D eigenvalue weighted by molar-refractivity contribution is 7.93. The third kappa shape index (κ3) is 7.09. The molecule has 0 aliphatic heterocycles. The van der Waals surface area contributed by atoms with Gasteiger partial charge in [-0.2, -0.15) is 0 Å². The second-order valence-corrected chi connectivity index (χ2v) is 5.88. The van der Waals surface area contributed by atoms with Gasteiger partial charge in [0.15, 0.2) is 0 Å². The number of carbonyl (C=O) groups is 3. The van der Waals surface area contributed by atoms with Crippen LogP contribution in [0.3, 0.4) is 0 Å². The molecule has 0 aromatic heterocycles. The van der Waals surface area contributed by atoms with Gasteiger partial charge in [0.1, 0.15) is 13.1 Å². The quantitative estimate of drug-likeness (QED) is 0.641. The SMILES string of the molecule is O=C(O)CN(CC(=O)O)C(=O)NS(=O)(=O)/C=C/c1ccccc1. The minimum absolute atomic E-state index is 0.346. The summed E-state index contributed by atoms with van der Waals surface area (Å²) in [7, 11) is -4.20. The van der Waals surface area contributed by atoms with Crippen molar-refractivity contribution in [3.63, 3.8) is 0 Å². The van der Waals surface area contributed by atoms with E-state index in [0.29, 0.717) is 10.5 Å². The molecule has 0 heterocycles. The fourth-order valence-electron chi connectivity index (χ4n) is 1.48. The summed E-state index contributed by atoms with van der Waals surface area (Å²) in [6.45, 7) is -1.90. The Morgan fingerprint density at radius 1 is 1.04 bits per heavy atom. The van der Waals surface area contributed by atoms with E-state index < -0.39 is 41.1 Å². The predicted molar refractivity (Wildman–Crippen MR) is 79.8 cm³/mol. The molecule has 0 spiro atoms. The van der Waals surface area contributed by atoms with E-state index in [0.717, 1.165) is 5.41 Å². The van der Waals surface area contributed by atoms with Crippen molar-refractivity contribution in [2.24, 2.45) is 0 Å². The van der Waals surface area contributed by atoms with Crippen LogP contribution < -0.4 is 4.72 Å². The molecule has 0 unspecified atom stereocenters. The molecule has 23 heavy (non-hydrogen) atoms.